The molecule has 0 aromatic heterocycles. The second-order valence-corrected chi connectivity index (χ2v) is 5.43. The van der Waals surface area contributed by atoms with Crippen molar-refractivity contribution < 1.29 is 4.79 Å². The van der Waals surface area contributed by atoms with Gasteiger partial charge >= 0.3 is 0 Å². The van der Waals surface area contributed by atoms with E-state index in [-0.39, 0.29) is 5.91 Å². The molecule has 0 aliphatic carbocycles. The average molecular weight is 261 g/mol. The van der Waals surface area contributed by atoms with Gasteiger partial charge in [0, 0.05) is 31.9 Å². The monoisotopic (exact) mass is 261 g/mol. The van der Waals surface area contributed by atoms with Gasteiger partial charge in [0.2, 0.25) is 5.91 Å². The Morgan fingerprint density at radius 1 is 1.16 bits per heavy atom. The van der Waals surface area contributed by atoms with Gasteiger partial charge in [-0.2, -0.15) is 0 Å². The van der Waals surface area contributed by atoms with Gasteiger partial charge in [0.25, 0.3) is 0 Å². The van der Waals surface area contributed by atoms with Gasteiger partial charge in [0.05, 0.1) is 6.54 Å². The topological polar surface area (TPSA) is 35.6 Å². The molecule has 0 unspecified atom stereocenters. The fourth-order valence-electron chi connectivity index (χ4n) is 2.23. The van der Waals surface area contributed by atoms with Crippen molar-refractivity contribution >= 4 is 11.6 Å². The number of likely N-dealkylation sites (N-methyl/N-ethyl adjacent to an activating group) is 1. The molecule has 1 aromatic rings. The maximum Gasteiger partial charge on any atom is 0.238 e. The average Bonchev–Trinajstić information content (AvgIpc) is 2.37. The van der Waals surface area contributed by atoms with Gasteiger partial charge in [-0.25, -0.2) is 0 Å². The standard InChI is InChI=1S/C15H23N3O/c1-12-4-5-14(10-13(12)2)16-15(19)11-18-8-6-17(3)7-9-18/h4-5,10H,6-9,11H2,1-3H3,(H,16,19). The number of hydrogen-bond donors (Lipinski definition) is 1. The summed E-state index contributed by atoms with van der Waals surface area (Å²) in [5, 5.41) is 2.97. The van der Waals surface area contributed by atoms with Crippen molar-refractivity contribution in [2.45, 2.75) is 13.8 Å². The Morgan fingerprint density at radius 2 is 1.84 bits per heavy atom. The van der Waals surface area contributed by atoms with Crippen LogP contribution in [0.15, 0.2) is 18.2 Å². The zero-order chi connectivity index (χ0) is 13.8. The van der Waals surface area contributed by atoms with Crippen LogP contribution in [0.2, 0.25) is 0 Å². The zero-order valence-corrected chi connectivity index (χ0v) is 12.1. The van der Waals surface area contributed by atoms with Gasteiger partial charge in [-0.1, -0.05) is 6.07 Å². The van der Waals surface area contributed by atoms with Crippen molar-refractivity contribution in [2.24, 2.45) is 0 Å². The first-order chi connectivity index (χ1) is 9.04. The summed E-state index contributed by atoms with van der Waals surface area (Å²) in [5.41, 5.74) is 3.34. The van der Waals surface area contributed by atoms with Crippen LogP contribution < -0.4 is 5.32 Å². The van der Waals surface area contributed by atoms with Crippen LogP contribution >= 0.6 is 0 Å². The summed E-state index contributed by atoms with van der Waals surface area (Å²) in [6, 6.07) is 6.03. The molecule has 0 atom stereocenters. The molecule has 1 heterocycles. The lowest BCUT2D eigenvalue weighted by molar-refractivity contribution is -0.117. The highest BCUT2D eigenvalue weighted by Crippen LogP contribution is 2.14. The number of nitrogens with one attached hydrogen (secondary N) is 1. The smallest absolute Gasteiger partial charge is 0.238 e. The van der Waals surface area contributed by atoms with Crippen molar-refractivity contribution in [3.63, 3.8) is 0 Å². The van der Waals surface area contributed by atoms with Crippen molar-refractivity contribution in [3.8, 4) is 0 Å². The minimum absolute atomic E-state index is 0.0767. The lowest BCUT2D eigenvalue weighted by Crippen LogP contribution is -2.47. The predicted octanol–water partition coefficient (Wildman–Crippen LogP) is 1.49. The third kappa shape index (κ3) is 4.04. The summed E-state index contributed by atoms with van der Waals surface area (Å²) in [4.78, 5) is 16.5. The van der Waals surface area contributed by atoms with Crippen LogP contribution in [0.1, 0.15) is 11.1 Å². The van der Waals surface area contributed by atoms with Crippen molar-refractivity contribution in [1.29, 1.82) is 0 Å². The van der Waals surface area contributed by atoms with Gasteiger partial charge < -0.3 is 10.2 Å². The van der Waals surface area contributed by atoms with Gasteiger partial charge in [-0.15, -0.1) is 0 Å². The van der Waals surface area contributed by atoms with Crippen LogP contribution in [-0.4, -0.2) is 55.5 Å². The molecular formula is C15H23N3O. The highest BCUT2D eigenvalue weighted by Gasteiger charge is 2.16. The molecule has 1 aliphatic heterocycles. The molecule has 104 valence electrons. The summed E-state index contributed by atoms with van der Waals surface area (Å²) in [6.45, 7) is 8.64. The van der Waals surface area contributed by atoms with E-state index >= 15 is 0 Å². The fraction of sp³-hybridized carbons (Fsp3) is 0.533. The van der Waals surface area contributed by atoms with Crippen LogP contribution in [0.3, 0.4) is 0 Å². The number of piperazine rings is 1. The first-order valence-corrected chi connectivity index (χ1v) is 6.82. The molecule has 4 heteroatoms. The predicted molar refractivity (Wildman–Crippen MR) is 78.5 cm³/mol. The minimum Gasteiger partial charge on any atom is -0.325 e. The van der Waals surface area contributed by atoms with Gasteiger partial charge in [-0.05, 0) is 44.2 Å². The molecule has 1 saturated heterocycles. The Kier molecular flexibility index (Phi) is 4.56. The maximum atomic E-state index is 12.0. The Hall–Kier alpha value is -1.39. The van der Waals surface area contributed by atoms with E-state index in [0.29, 0.717) is 6.54 Å². The highest BCUT2D eigenvalue weighted by molar-refractivity contribution is 5.92. The number of rotatable bonds is 3. The van der Waals surface area contributed by atoms with Crippen molar-refractivity contribution in [2.75, 3.05) is 45.1 Å². The van der Waals surface area contributed by atoms with E-state index in [1.54, 1.807) is 0 Å². The highest BCUT2D eigenvalue weighted by atomic mass is 16.2. The third-order valence-electron chi connectivity index (χ3n) is 3.75. The lowest BCUT2D eigenvalue weighted by atomic mass is 10.1. The Labute approximate surface area is 115 Å². The Morgan fingerprint density at radius 3 is 2.47 bits per heavy atom. The molecule has 2 rings (SSSR count). The molecule has 0 radical (unpaired) electrons. The largest absolute Gasteiger partial charge is 0.325 e. The molecule has 0 saturated carbocycles. The van der Waals surface area contributed by atoms with E-state index in [1.807, 2.05) is 18.2 Å². The summed E-state index contributed by atoms with van der Waals surface area (Å²) in [5.74, 6) is 0.0767. The molecule has 19 heavy (non-hydrogen) atoms. The van der Waals surface area contributed by atoms with Crippen molar-refractivity contribution in [1.82, 2.24) is 9.80 Å². The number of benzene rings is 1. The van der Waals surface area contributed by atoms with E-state index in [4.69, 9.17) is 0 Å². The molecule has 4 nitrogen and oxygen atoms in total. The van der Waals surface area contributed by atoms with Gasteiger partial charge in [-0.3, -0.25) is 9.69 Å². The zero-order valence-electron chi connectivity index (χ0n) is 12.1. The first kappa shape index (κ1) is 14.0. The second kappa shape index (κ2) is 6.17. The van der Waals surface area contributed by atoms with Crippen LogP contribution in [-0.2, 0) is 4.79 Å². The van der Waals surface area contributed by atoms with E-state index in [1.165, 1.54) is 11.1 Å². The number of aryl methyl sites for hydroxylation is 2. The molecule has 1 aliphatic rings. The number of nitrogens with zero attached hydrogens (tertiary/aromatic N) is 2. The molecule has 1 fully saturated rings. The van der Waals surface area contributed by atoms with E-state index in [2.05, 4.69) is 36.0 Å². The molecule has 1 N–H and O–H groups in total. The van der Waals surface area contributed by atoms with Crippen LogP contribution in [0.5, 0.6) is 0 Å². The van der Waals surface area contributed by atoms with Crippen LogP contribution in [0, 0.1) is 13.8 Å². The summed E-state index contributed by atoms with van der Waals surface area (Å²) in [6.07, 6.45) is 0. The Balaban J connectivity index is 1.85. The number of carbonyl (C=O) groups excluding carboxylic acids is 1. The summed E-state index contributed by atoms with van der Waals surface area (Å²) in [7, 11) is 2.12. The normalized spacial score (nSPS) is 17.4. The van der Waals surface area contributed by atoms with E-state index in [0.717, 1.165) is 31.9 Å². The maximum absolute atomic E-state index is 12.0. The summed E-state index contributed by atoms with van der Waals surface area (Å²) < 4.78 is 0. The van der Waals surface area contributed by atoms with Gasteiger partial charge in [0.15, 0.2) is 0 Å². The molecule has 0 spiro atoms. The van der Waals surface area contributed by atoms with Crippen molar-refractivity contribution in [3.05, 3.63) is 29.3 Å². The lowest BCUT2D eigenvalue weighted by Gasteiger charge is -2.31. The van der Waals surface area contributed by atoms with Crippen LogP contribution in [0.25, 0.3) is 0 Å². The summed E-state index contributed by atoms with van der Waals surface area (Å²) >= 11 is 0. The quantitative estimate of drug-likeness (QED) is 0.895. The van der Waals surface area contributed by atoms with Gasteiger partial charge in [0.1, 0.15) is 0 Å². The van der Waals surface area contributed by atoms with Crippen LogP contribution in [0.4, 0.5) is 5.69 Å². The minimum atomic E-state index is 0.0767. The number of anilines is 1. The second-order valence-electron chi connectivity index (χ2n) is 5.43. The number of carbonyl (C=O) groups is 1. The van der Waals surface area contributed by atoms with E-state index in [9.17, 15) is 4.79 Å². The third-order valence-corrected chi connectivity index (χ3v) is 3.75. The Bertz CT molecular complexity index is 451. The molecular weight excluding hydrogens is 238 g/mol. The molecule has 1 amide bonds. The first-order valence-electron chi connectivity index (χ1n) is 6.82. The number of hydrogen-bond acceptors (Lipinski definition) is 3. The number of amides is 1. The molecule has 1 aromatic carbocycles. The SMILES string of the molecule is Cc1ccc(NC(=O)CN2CCN(C)CC2)cc1C. The fourth-order valence-corrected chi connectivity index (χ4v) is 2.23. The van der Waals surface area contributed by atoms with E-state index < -0.39 is 0 Å². The molecule has 0 bridgehead atoms.